The summed E-state index contributed by atoms with van der Waals surface area (Å²) in [6, 6.07) is 25.7. The third kappa shape index (κ3) is 6.64. The van der Waals surface area contributed by atoms with Gasteiger partial charge in [0.25, 0.3) is 0 Å². The van der Waals surface area contributed by atoms with Crippen molar-refractivity contribution in [3.63, 3.8) is 0 Å². The maximum atomic E-state index is 12.3. The van der Waals surface area contributed by atoms with Gasteiger partial charge >= 0.3 is 0 Å². The molecule has 2 amide bonds. The van der Waals surface area contributed by atoms with Crippen LogP contribution in [0.2, 0.25) is 0 Å². The van der Waals surface area contributed by atoms with Crippen LogP contribution in [0, 0.1) is 0 Å². The quantitative estimate of drug-likeness (QED) is 0.404. The summed E-state index contributed by atoms with van der Waals surface area (Å²) in [5.74, 6) is -0.378. The van der Waals surface area contributed by atoms with Gasteiger partial charge in [-0.1, -0.05) is 79.7 Å². The van der Waals surface area contributed by atoms with Crippen LogP contribution >= 0.6 is 0 Å². The normalized spacial score (nSPS) is 11.1. The first-order valence-corrected chi connectivity index (χ1v) is 10.4. The molecule has 0 aliphatic heterocycles. The number of hydrogen-bond acceptors (Lipinski definition) is 3. The van der Waals surface area contributed by atoms with Crippen LogP contribution in [0.3, 0.4) is 0 Å². The van der Waals surface area contributed by atoms with E-state index in [4.69, 9.17) is 0 Å². The van der Waals surface area contributed by atoms with Gasteiger partial charge in [0.2, 0.25) is 11.8 Å². The Kier molecular flexibility index (Phi) is 7.71. The molecule has 2 N–H and O–H groups in total. The lowest BCUT2D eigenvalue weighted by atomic mass is 10.0. The Balaban J connectivity index is 1.49. The topological polar surface area (TPSA) is 70.6 Å². The van der Waals surface area contributed by atoms with Crippen molar-refractivity contribution in [2.24, 2.45) is 5.10 Å². The molecule has 0 fully saturated rings. The van der Waals surface area contributed by atoms with Gasteiger partial charge in [-0.2, -0.15) is 5.10 Å². The van der Waals surface area contributed by atoms with Crippen molar-refractivity contribution in [3.8, 4) is 11.1 Å². The molecule has 0 saturated heterocycles. The molecular weight excluding hydrogens is 386 g/mol. The van der Waals surface area contributed by atoms with Gasteiger partial charge in [-0.15, -0.1) is 0 Å². The molecule has 0 bridgehead atoms. The number of aryl methyl sites for hydroxylation is 1. The van der Waals surface area contributed by atoms with E-state index in [0.29, 0.717) is 5.71 Å². The molecule has 0 atom stereocenters. The number of hydrogen-bond donors (Lipinski definition) is 2. The third-order valence-electron chi connectivity index (χ3n) is 4.89. The molecule has 3 aromatic rings. The number of nitrogens with one attached hydrogen (secondary N) is 2. The number of nitrogens with zero attached hydrogens (tertiary/aromatic N) is 1. The van der Waals surface area contributed by atoms with Crippen molar-refractivity contribution < 1.29 is 9.59 Å². The van der Waals surface area contributed by atoms with E-state index in [9.17, 15) is 9.59 Å². The number of hydrazone groups is 1. The molecular formula is C26H27N3O2. The van der Waals surface area contributed by atoms with Gasteiger partial charge < -0.3 is 5.32 Å². The fourth-order valence-corrected chi connectivity index (χ4v) is 3.25. The van der Waals surface area contributed by atoms with E-state index in [1.807, 2.05) is 73.7 Å². The van der Waals surface area contributed by atoms with Crippen LogP contribution in [0.4, 0.5) is 5.69 Å². The van der Waals surface area contributed by atoms with Gasteiger partial charge in [0, 0.05) is 11.4 Å². The van der Waals surface area contributed by atoms with Crippen LogP contribution in [0.15, 0.2) is 84.0 Å². The second-order valence-electron chi connectivity index (χ2n) is 7.36. The number of amides is 2. The number of anilines is 1. The molecule has 0 aromatic heterocycles. The third-order valence-corrected chi connectivity index (χ3v) is 4.89. The zero-order valence-corrected chi connectivity index (χ0v) is 17.9. The molecule has 0 aliphatic carbocycles. The summed E-state index contributed by atoms with van der Waals surface area (Å²) < 4.78 is 0. The summed E-state index contributed by atoms with van der Waals surface area (Å²) in [6.45, 7) is 3.77. The molecule has 31 heavy (non-hydrogen) atoms. The molecule has 3 aromatic carbocycles. The van der Waals surface area contributed by atoms with Crippen LogP contribution in [0.5, 0.6) is 0 Å². The largest absolute Gasteiger partial charge is 0.326 e. The Hall–Kier alpha value is -3.73. The minimum Gasteiger partial charge on any atom is -0.326 e. The summed E-state index contributed by atoms with van der Waals surface area (Å²) in [6.07, 6.45) is 1.18. The first-order valence-electron chi connectivity index (χ1n) is 10.4. The van der Waals surface area contributed by atoms with Crippen molar-refractivity contribution in [1.29, 1.82) is 0 Å². The summed E-state index contributed by atoms with van der Waals surface area (Å²) in [5.41, 5.74) is 8.12. The maximum absolute atomic E-state index is 12.3. The summed E-state index contributed by atoms with van der Waals surface area (Å²) in [7, 11) is 0. The van der Waals surface area contributed by atoms with E-state index in [1.54, 1.807) is 6.92 Å². The minimum atomic E-state index is -0.219. The van der Waals surface area contributed by atoms with Crippen molar-refractivity contribution in [2.75, 3.05) is 5.32 Å². The van der Waals surface area contributed by atoms with Crippen molar-refractivity contribution in [3.05, 3.63) is 90.0 Å². The standard InChI is InChI=1S/C26H27N3O2/c1-3-21-9-7-8-12-24(21)27-25(30)17-19(2)28-29-26(31)18-20-13-15-23(16-14-20)22-10-5-4-6-11-22/h4-16H,3,17-18H2,1-2H3,(H,27,30)(H,29,31)/b28-19+. The highest BCUT2D eigenvalue weighted by molar-refractivity contribution is 6.06. The molecule has 0 unspecified atom stereocenters. The zero-order valence-electron chi connectivity index (χ0n) is 17.9. The second kappa shape index (κ2) is 10.9. The lowest BCUT2D eigenvalue weighted by Crippen LogP contribution is -2.23. The fourth-order valence-electron chi connectivity index (χ4n) is 3.25. The second-order valence-corrected chi connectivity index (χ2v) is 7.36. The Bertz CT molecular complexity index is 1060. The number of para-hydroxylation sites is 1. The van der Waals surface area contributed by atoms with Gasteiger partial charge in [0.05, 0.1) is 12.8 Å². The molecule has 5 heteroatoms. The van der Waals surface area contributed by atoms with Crippen LogP contribution < -0.4 is 10.7 Å². The van der Waals surface area contributed by atoms with Gasteiger partial charge in [-0.3, -0.25) is 9.59 Å². The highest BCUT2D eigenvalue weighted by atomic mass is 16.2. The Morgan fingerprint density at radius 3 is 2.16 bits per heavy atom. The van der Waals surface area contributed by atoms with Gasteiger partial charge in [0.15, 0.2) is 0 Å². The molecule has 3 rings (SSSR count). The molecule has 158 valence electrons. The highest BCUT2D eigenvalue weighted by Crippen LogP contribution is 2.19. The molecule has 5 nitrogen and oxygen atoms in total. The van der Waals surface area contributed by atoms with Crippen LogP contribution in [-0.2, 0) is 22.4 Å². The SMILES string of the molecule is CCc1ccccc1NC(=O)C/C(C)=N/NC(=O)Cc1ccc(-c2ccccc2)cc1. The predicted molar refractivity (Wildman–Crippen MR) is 126 cm³/mol. The fraction of sp³-hybridized carbons (Fsp3) is 0.192. The molecule has 0 spiro atoms. The Morgan fingerprint density at radius 2 is 1.45 bits per heavy atom. The minimum absolute atomic E-state index is 0.115. The number of carbonyl (C=O) groups excluding carboxylic acids is 2. The summed E-state index contributed by atoms with van der Waals surface area (Å²) in [5, 5.41) is 6.97. The monoisotopic (exact) mass is 413 g/mol. The molecule has 0 heterocycles. The van der Waals surface area contributed by atoms with Crippen LogP contribution in [0.25, 0.3) is 11.1 Å². The highest BCUT2D eigenvalue weighted by Gasteiger charge is 2.08. The van der Waals surface area contributed by atoms with Crippen LogP contribution in [-0.4, -0.2) is 17.5 Å². The van der Waals surface area contributed by atoms with E-state index in [2.05, 4.69) is 28.0 Å². The van der Waals surface area contributed by atoms with Crippen molar-refractivity contribution >= 4 is 23.2 Å². The van der Waals surface area contributed by atoms with E-state index in [-0.39, 0.29) is 24.7 Å². The average Bonchev–Trinajstić information content (AvgIpc) is 2.79. The first kappa shape index (κ1) is 22.0. The molecule has 0 saturated carbocycles. The Labute approximate surface area is 183 Å². The van der Waals surface area contributed by atoms with E-state index in [1.165, 1.54) is 0 Å². The van der Waals surface area contributed by atoms with E-state index in [0.717, 1.165) is 34.4 Å². The van der Waals surface area contributed by atoms with Gasteiger partial charge in [-0.25, -0.2) is 5.43 Å². The Morgan fingerprint density at radius 1 is 0.806 bits per heavy atom. The molecule has 0 radical (unpaired) electrons. The summed E-state index contributed by atoms with van der Waals surface area (Å²) >= 11 is 0. The van der Waals surface area contributed by atoms with Crippen molar-refractivity contribution in [1.82, 2.24) is 5.43 Å². The van der Waals surface area contributed by atoms with Crippen LogP contribution in [0.1, 0.15) is 31.4 Å². The maximum Gasteiger partial charge on any atom is 0.244 e. The average molecular weight is 414 g/mol. The lowest BCUT2D eigenvalue weighted by Gasteiger charge is -2.09. The first-order chi connectivity index (χ1) is 15.0. The van der Waals surface area contributed by atoms with E-state index < -0.39 is 0 Å². The lowest BCUT2D eigenvalue weighted by molar-refractivity contribution is -0.120. The van der Waals surface area contributed by atoms with Gasteiger partial charge in [-0.05, 0) is 41.7 Å². The number of rotatable bonds is 8. The van der Waals surface area contributed by atoms with E-state index >= 15 is 0 Å². The number of benzene rings is 3. The number of carbonyl (C=O) groups is 2. The van der Waals surface area contributed by atoms with Gasteiger partial charge in [0.1, 0.15) is 0 Å². The zero-order chi connectivity index (χ0) is 22.1. The smallest absolute Gasteiger partial charge is 0.244 e. The van der Waals surface area contributed by atoms with Crippen molar-refractivity contribution in [2.45, 2.75) is 33.1 Å². The predicted octanol–water partition coefficient (Wildman–Crippen LogP) is 4.98. The molecule has 0 aliphatic rings. The summed E-state index contributed by atoms with van der Waals surface area (Å²) in [4.78, 5) is 24.5.